The Morgan fingerprint density at radius 3 is 2.40 bits per heavy atom. The molecule has 1 amide bonds. The van der Waals surface area contributed by atoms with E-state index in [-0.39, 0.29) is 0 Å². The van der Waals surface area contributed by atoms with Gasteiger partial charge in [-0.2, -0.15) is 0 Å². The number of piperidine rings is 1. The monoisotopic (exact) mass is 337 g/mol. The maximum atomic E-state index is 11.6. The fourth-order valence-corrected chi connectivity index (χ4v) is 3.58. The first-order valence-electron chi connectivity index (χ1n) is 9.07. The lowest BCUT2D eigenvalue weighted by atomic mass is 10.0. The molecule has 2 aromatic carbocycles. The van der Waals surface area contributed by atoms with E-state index in [4.69, 9.17) is 5.73 Å². The van der Waals surface area contributed by atoms with Crippen LogP contribution in [0.3, 0.4) is 0 Å². The Bertz CT molecular complexity index is 666. The van der Waals surface area contributed by atoms with Gasteiger partial charge in [0.1, 0.15) is 0 Å². The summed E-state index contributed by atoms with van der Waals surface area (Å²) in [5, 5.41) is 0. The van der Waals surface area contributed by atoms with Crippen LogP contribution in [-0.2, 0) is 17.8 Å². The number of carbonyl (C=O) groups is 1. The normalized spacial score (nSPS) is 15.8. The molecule has 0 aromatic heterocycles. The lowest BCUT2D eigenvalue weighted by Crippen LogP contribution is -2.44. The van der Waals surface area contributed by atoms with Gasteiger partial charge in [0.05, 0.1) is 0 Å². The summed E-state index contributed by atoms with van der Waals surface area (Å²) in [5.41, 5.74) is 9.29. The Kier molecular flexibility index (Phi) is 6.07. The highest BCUT2D eigenvalue weighted by atomic mass is 16.1. The van der Waals surface area contributed by atoms with Crippen LogP contribution in [0.25, 0.3) is 0 Å². The number of rotatable bonds is 7. The summed E-state index contributed by atoms with van der Waals surface area (Å²) in [6, 6.07) is 18.8. The van der Waals surface area contributed by atoms with Gasteiger partial charge in [0.25, 0.3) is 0 Å². The molecule has 1 heterocycles. The van der Waals surface area contributed by atoms with Crippen molar-refractivity contribution < 1.29 is 4.79 Å². The lowest BCUT2D eigenvalue weighted by Gasteiger charge is -2.37. The first-order chi connectivity index (χ1) is 12.3. The minimum Gasteiger partial charge on any atom is -0.399 e. The second-order valence-electron chi connectivity index (χ2n) is 6.78. The zero-order valence-electron chi connectivity index (χ0n) is 14.7. The van der Waals surface area contributed by atoms with Gasteiger partial charge in [-0.25, -0.2) is 0 Å². The fraction of sp³-hybridized carbons (Fsp3) is 0.381. The van der Waals surface area contributed by atoms with Crippen LogP contribution in [0.1, 0.15) is 24.0 Å². The largest absolute Gasteiger partial charge is 0.399 e. The smallest absolute Gasteiger partial charge is 0.209 e. The summed E-state index contributed by atoms with van der Waals surface area (Å²) in [6.07, 6.45) is 3.90. The molecule has 132 valence electrons. The highest BCUT2D eigenvalue weighted by Crippen LogP contribution is 2.19. The third kappa shape index (κ3) is 4.83. The number of carbonyl (C=O) groups excluding carboxylic acids is 1. The predicted molar refractivity (Wildman–Crippen MR) is 102 cm³/mol. The molecule has 0 aliphatic carbocycles. The second kappa shape index (κ2) is 8.67. The Labute approximate surface area is 150 Å². The molecule has 0 atom stereocenters. The number of hydrogen-bond acceptors (Lipinski definition) is 3. The number of hydrogen-bond donors (Lipinski definition) is 1. The van der Waals surface area contributed by atoms with Gasteiger partial charge in [0.15, 0.2) is 0 Å². The molecule has 0 radical (unpaired) electrons. The zero-order chi connectivity index (χ0) is 17.5. The van der Waals surface area contributed by atoms with Crippen molar-refractivity contribution in [2.75, 3.05) is 25.4 Å². The number of amides is 1. The molecule has 4 nitrogen and oxygen atoms in total. The Morgan fingerprint density at radius 1 is 1.04 bits per heavy atom. The SMILES string of the molecule is Nc1ccccc1CCN(C=O)C1CCN(Cc2ccccc2)CC1. The molecule has 1 fully saturated rings. The third-order valence-electron chi connectivity index (χ3n) is 5.10. The molecule has 3 rings (SSSR count). The minimum absolute atomic E-state index is 0.342. The Hall–Kier alpha value is -2.33. The minimum atomic E-state index is 0.342. The van der Waals surface area contributed by atoms with Crippen molar-refractivity contribution in [1.82, 2.24) is 9.80 Å². The van der Waals surface area contributed by atoms with Gasteiger partial charge in [0.2, 0.25) is 6.41 Å². The van der Waals surface area contributed by atoms with Crippen molar-refractivity contribution in [3.05, 3.63) is 65.7 Å². The van der Waals surface area contributed by atoms with Crippen LogP contribution in [0.2, 0.25) is 0 Å². The Balaban J connectivity index is 1.48. The number of likely N-dealkylation sites (tertiary alicyclic amines) is 1. The van der Waals surface area contributed by atoms with E-state index in [1.165, 1.54) is 5.56 Å². The maximum absolute atomic E-state index is 11.6. The number of nitrogens with zero attached hydrogens (tertiary/aromatic N) is 2. The van der Waals surface area contributed by atoms with Crippen molar-refractivity contribution in [3.63, 3.8) is 0 Å². The topological polar surface area (TPSA) is 49.6 Å². The van der Waals surface area contributed by atoms with Gasteiger partial charge < -0.3 is 10.6 Å². The molecule has 0 unspecified atom stereocenters. The first kappa shape index (κ1) is 17.5. The van der Waals surface area contributed by atoms with Gasteiger partial charge in [-0.3, -0.25) is 9.69 Å². The van der Waals surface area contributed by atoms with Crippen LogP contribution in [0, 0.1) is 0 Å². The van der Waals surface area contributed by atoms with Crippen molar-refractivity contribution in [2.45, 2.75) is 31.8 Å². The molecule has 2 aromatic rings. The molecule has 1 aliphatic heterocycles. The number of benzene rings is 2. The van der Waals surface area contributed by atoms with E-state index in [1.54, 1.807) is 0 Å². The average molecular weight is 337 g/mol. The second-order valence-corrected chi connectivity index (χ2v) is 6.78. The van der Waals surface area contributed by atoms with E-state index in [0.29, 0.717) is 6.04 Å². The van der Waals surface area contributed by atoms with Crippen molar-refractivity contribution in [1.29, 1.82) is 0 Å². The summed E-state index contributed by atoms with van der Waals surface area (Å²) in [4.78, 5) is 16.0. The highest BCUT2D eigenvalue weighted by molar-refractivity contribution is 5.49. The van der Waals surface area contributed by atoms with Crippen LogP contribution >= 0.6 is 0 Å². The van der Waals surface area contributed by atoms with E-state index >= 15 is 0 Å². The van der Waals surface area contributed by atoms with E-state index in [1.807, 2.05) is 29.2 Å². The van der Waals surface area contributed by atoms with Crippen molar-refractivity contribution in [2.24, 2.45) is 0 Å². The highest BCUT2D eigenvalue weighted by Gasteiger charge is 2.23. The van der Waals surface area contributed by atoms with Gasteiger partial charge in [-0.1, -0.05) is 48.5 Å². The molecule has 0 spiro atoms. The quantitative estimate of drug-likeness (QED) is 0.624. The van der Waals surface area contributed by atoms with Crippen molar-refractivity contribution in [3.8, 4) is 0 Å². The van der Waals surface area contributed by atoms with E-state index in [2.05, 4.69) is 35.2 Å². The fourth-order valence-electron chi connectivity index (χ4n) is 3.58. The maximum Gasteiger partial charge on any atom is 0.209 e. The molecule has 1 saturated heterocycles. The van der Waals surface area contributed by atoms with Crippen LogP contribution < -0.4 is 5.73 Å². The molecule has 0 saturated carbocycles. The number of anilines is 1. The summed E-state index contributed by atoms with van der Waals surface area (Å²) in [6.45, 7) is 3.81. The van der Waals surface area contributed by atoms with Gasteiger partial charge >= 0.3 is 0 Å². The molecule has 0 bridgehead atoms. The van der Waals surface area contributed by atoms with Gasteiger partial charge in [-0.15, -0.1) is 0 Å². The molecule has 1 aliphatic rings. The first-order valence-corrected chi connectivity index (χ1v) is 9.07. The molecule has 2 N–H and O–H groups in total. The van der Waals surface area contributed by atoms with Gasteiger partial charge in [-0.05, 0) is 36.5 Å². The average Bonchev–Trinajstić information content (AvgIpc) is 2.66. The summed E-state index contributed by atoms with van der Waals surface area (Å²) >= 11 is 0. The standard InChI is InChI=1S/C21H27N3O/c22-21-9-5-4-8-19(21)10-15-24(17-25)20-11-13-23(14-12-20)16-18-6-2-1-3-7-18/h1-9,17,20H,10-16,22H2. The molecule has 25 heavy (non-hydrogen) atoms. The molecular formula is C21H27N3O. The third-order valence-corrected chi connectivity index (χ3v) is 5.10. The number of nitrogens with two attached hydrogens (primary N) is 1. The number of para-hydroxylation sites is 1. The van der Waals surface area contributed by atoms with Gasteiger partial charge in [0, 0.05) is 37.9 Å². The van der Waals surface area contributed by atoms with Crippen LogP contribution in [0.5, 0.6) is 0 Å². The van der Waals surface area contributed by atoms with Crippen molar-refractivity contribution >= 4 is 12.1 Å². The van der Waals surface area contributed by atoms with Crippen LogP contribution in [0.15, 0.2) is 54.6 Å². The van der Waals surface area contributed by atoms with Crippen LogP contribution in [0.4, 0.5) is 5.69 Å². The van der Waals surface area contributed by atoms with E-state index in [9.17, 15) is 4.79 Å². The summed E-state index contributed by atoms with van der Waals surface area (Å²) in [5.74, 6) is 0. The summed E-state index contributed by atoms with van der Waals surface area (Å²) in [7, 11) is 0. The van der Waals surface area contributed by atoms with E-state index < -0.39 is 0 Å². The lowest BCUT2D eigenvalue weighted by molar-refractivity contribution is -0.121. The Morgan fingerprint density at radius 2 is 1.72 bits per heavy atom. The van der Waals surface area contributed by atoms with E-state index in [0.717, 1.165) is 63.1 Å². The van der Waals surface area contributed by atoms with Crippen LogP contribution in [-0.4, -0.2) is 41.9 Å². The summed E-state index contributed by atoms with van der Waals surface area (Å²) < 4.78 is 0. The number of nitrogen functional groups attached to an aromatic ring is 1. The zero-order valence-corrected chi connectivity index (χ0v) is 14.7. The molecule has 4 heteroatoms. The predicted octanol–water partition coefficient (Wildman–Crippen LogP) is 2.93. The molecular weight excluding hydrogens is 310 g/mol.